The van der Waals surface area contributed by atoms with Gasteiger partial charge in [0.15, 0.2) is 0 Å². The lowest BCUT2D eigenvalue weighted by molar-refractivity contribution is 0.267. The largest absolute Gasteiger partial charge is 0.309 e. The van der Waals surface area contributed by atoms with E-state index in [1.165, 1.54) is 17.0 Å². The van der Waals surface area contributed by atoms with Crippen molar-refractivity contribution >= 4 is 22.2 Å². The predicted molar refractivity (Wildman–Crippen MR) is 112 cm³/mol. The van der Waals surface area contributed by atoms with Gasteiger partial charge in [0.2, 0.25) is 0 Å². The fraction of sp³-hybridized carbons (Fsp3) is 0.182. The summed E-state index contributed by atoms with van der Waals surface area (Å²) < 4.78 is 13.1. The zero-order valence-corrected chi connectivity index (χ0v) is 16.3. The first-order chi connectivity index (χ1) is 13.6. The van der Waals surface area contributed by atoms with Crippen LogP contribution in [-0.4, -0.2) is 21.4 Å². The summed E-state index contributed by atoms with van der Waals surface area (Å²) in [5, 5.41) is 0.608. The van der Waals surface area contributed by atoms with Crippen LogP contribution in [0.3, 0.4) is 0 Å². The molecule has 0 bridgehead atoms. The topological polar surface area (TPSA) is 49.0 Å². The first-order valence-electron chi connectivity index (χ1n) is 9.17. The molecule has 2 heterocycles. The summed E-state index contributed by atoms with van der Waals surface area (Å²) in [5.74, 6) is 0.440. The highest BCUT2D eigenvalue weighted by Crippen LogP contribution is 2.29. The van der Waals surface area contributed by atoms with Crippen LogP contribution in [0.5, 0.6) is 0 Å². The van der Waals surface area contributed by atoms with Gasteiger partial charge in [0, 0.05) is 16.3 Å². The Hall–Kier alpha value is -2.83. The van der Waals surface area contributed by atoms with Crippen LogP contribution in [0.1, 0.15) is 17.6 Å². The quantitative estimate of drug-likeness (QED) is 0.511. The number of nitrogens with zero attached hydrogens (tertiary/aromatic N) is 2. The van der Waals surface area contributed by atoms with Crippen LogP contribution < -0.4 is 5.56 Å². The fourth-order valence-corrected chi connectivity index (χ4v) is 4.21. The Balaban J connectivity index is 1.51. The van der Waals surface area contributed by atoms with Gasteiger partial charge in [0.05, 0.1) is 17.4 Å². The molecule has 0 amide bonds. The third-order valence-electron chi connectivity index (χ3n) is 4.65. The van der Waals surface area contributed by atoms with Crippen LogP contribution in [0, 0.1) is 5.82 Å². The highest BCUT2D eigenvalue weighted by atomic mass is 32.1. The molecule has 0 unspecified atom stereocenters. The number of H-pyrrole nitrogens is 1. The number of halogens is 1. The summed E-state index contributed by atoms with van der Waals surface area (Å²) in [6.45, 7) is 4.26. The van der Waals surface area contributed by atoms with E-state index in [1.807, 2.05) is 18.2 Å². The van der Waals surface area contributed by atoms with Crippen molar-refractivity contribution in [2.75, 3.05) is 6.54 Å². The normalized spacial score (nSPS) is 11.4. The third-order valence-corrected chi connectivity index (χ3v) is 5.77. The number of hydrogen-bond acceptors (Lipinski definition) is 4. The summed E-state index contributed by atoms with van der Waals surface area (Å²) >= 11 is 1.70. The minimum absolute atomic E-state index is 0.105. The zero-order valence-electron chi connectivity index (χ0n) is 15.5. The Labute approximate surface area is 166 Å². The second kappa shape index (κ2) is 8.04. The van der Waals surface area contributed by atoms with E-state index in [0.717, 1.165) is 23.5 Å². The molecule has 2 aromatic carbocycles. The number of fused-ring (bicyclic) bond motifs is 1. The molecular formula is C22H20FN3OS. The van der Waals surface area contributed by atoms with Gasteiger partial charge in [-0.3, -0.25) is 9.69 Å². The van der Waals surface area contributed by atoms with E-state index >= 15 is 0 Å². The minimum atomic E-state index is -0.227. The average molecular weight is 393 g/mol. The molecule has 0 saturated heterocycles. The SMILES string of the molecule is CCN(Cc1nc2ccccc2c(=O)[nH]1)Cc1ccc(-c2ccc(F)cc2)s1. The molecule has 2 aromatic heterocycles. The lowest BCUT2D eigenvalue weighted by atomic mass is 10.2. The van der Waals surface area contributed by atoms with Crippen molar-refractivity contribution in [2.45, 2.75) is 20.0 Å². The maximum Gasteiger partial charge on any atom is 0.258 e. The molecule has 0 aliphatic rings. The van der Waals surface area contributed by atoms with Crippen LogP contribution in [0.4, 0.5) is 4.39 Å². The number of para-hydroxylation sites is 1. The fourth-order valence-electron chi connectivity index (χ4n) is 3.15. The number of benzene rings is 2. The number of hydrogen-bond donors (Lipinski definition) is 1. The van der Waals surface area contributed by atoms with Crippen LogP contribution in [0.15, 0.2) is 65.5 Å². The van der Waals surface area contributed by atoms with E-state index < -0.39 is 0 Å². The second-order valence-electron chi connectivity index (χ2n) is 6.61. The molecule has 0 atom stereocenters. The van der Waals surface area contributed by atoms with Crippen molar-refractivity contribution in [3.63, 3.8) is 0 Å². The molecule has 6 heteroatoms. The van der Waals surface area contributed by atoms with E-state index in [1.54, 1.807) is 29.5 Å². The predicted octanol–water partition coefficient (Wildman–Crippen LogP) is 4.81. The lowest BCUT2D eigenvalue weighted by Crippen LogP contribution is -2.25. The first kappa shape index (κ1) is 18.5. The van der Waals surface area contributed by atoms with E-state index in [0.29, 0.717) is 23.3 Å². The Kier molecular flexibility index (Phi) is 5.32. The van der Waals surface area contributed by atoms with Gasteiger partial charge >= 0.3 is 0 Å². The molecule has 4 aromatic rings. The molecule has 4 nitrogen and oxygen atoms in total. The summed E-state index contributed by atoms with van der Waals surface area (Å²) in [6, 6.07) is 18.1. The van der Waals surface area contributed by atoms with Gasteiger partial charge in [-0.15, -0.1) is 11.3 Å². The second-order valence-corrected chi connectivity index (χ2v) is 7.77. The highest BCUT2D eigenvalue weighted by Gasteiger charge is 2.11. The van der Waals surface area contributed by atoms with Crippen molar-refractivity contribution in [3.05, 3.63) is 87.5 Å². The van der Waals surface area contributed by atoms with Gasteiger partial charge < -0.3 is 4.98 Å². The van der Waals surface area contributed by atoms with Crippen LogP contribution in [0.25, 0.3) is 21.3 Å². The van der Waals surface area contributed by atoms with Gasteiger partial charge in [0.25, 0.3) is 5.56 Å². The van der Waals surface area contributed by atoms with Gasteiger partial charge in [-0.25, -0.2) is 9.37 Å². The Bertz CT molecular complexity index is 1150. The van der Waals surface area contributed by atoms with Crippen LogP contribution >= 0.6 is 11.3 Å². The van der Waals surface area contributed by atoms with E-state index in [-0.39, 0.29) is 11.4 Å². The van der Waals surface area contributed by atoms with Gasteiger partial charge in [-0.2, -0.15) is 0 Å². The Morgan fingerprint density at radius 2 is 1.82 bits per heavy atom. The number of thiophene rings is 1. The van der Waals surface area contributed by atoms with E-state index in [9.17, 15) is 9.18 Å². The van der Waals surface area contributed by atoms with Gasteiger partial charge in [0.1, 0.15) is 11.6 Å². The molecule has 0 saturated carbocycles. The maximum absolute atomic E-state index is 13.1. The highest BCUT2D eigenvalue weighted by molar-refractivity contribution is 7.15. The van der Waals surface area contributed by atoms with Crippen molar-refractivity contribution in [2.24, 2.45) is 0 Å². The Morgan fingerprint density at radius 1 is 1.04 bits per heavy atom. The number of nitrogens with one attached hydrogen (secondary N) is 1. The standard InChI is InChI=1S/C22H20FN3OS/c1-2-26(14-21-24-19-6-4-3-5-18(19)22(27)25-21)13-17-11-12-20(28-17)15-7-9-16(23)10-8-15/h3-12H,2,13-14H2,1H3,(H,24,25,27). The molecule has 0 radical (unpaired) electrons. The minimum Gasteiger partial charge on any atom is -0.309 e. The molecule has 1 N–H and O–H groups in total. The molecule has 0 aliphatic carbocycles. The average Bonchev–Trinajstić information content (AvgIpc) is 3.16. The first-order valence-corrected chi connectivity index (χ1v) is 9.99. The number of aromatic amines is 1. The maximum atomic E-state index is 13.1. The molecule has 0 fully saturated rings. The monoisotopic (exact) mass is 393 g/mol. The summed E-state index contributed by atoms with van der Waals surface area (Å²) in [7, 11) is 0. The summed E-state index contributed by atoms with van der Waals surface area (Å²) in [4.78, 5) is 24.3. The summed E-state index contributed by atoms with van der Waals surface area (Å²) in [6.07, 6.45) is 0. The van der Waals surface area contributed by atoms with Gasteiger partial charge in [-0.1, -0.05) is 31.2 Å². The third kappa shape index (κ3) is 4.03. The number of rotatable bonds is 6. The van der Waals surface area contributed by atoms with Crippen molar-refractivity contribution in [1.29, 1.82) is 0 Å². The van der Waals surface area contributed by atoms with E-state index in [4.69, 9.17) is 0 Å². The molecule has 0 aliphatic heterocycles. The molecule has 4 rings (SSSR count). The van der Waals surface area contributed by atoms with Crippen molar-refractivity contribution in [3.8, 4) is 10.4 Å². The molecule has 142 valence electrons. The van der Waals surface area contributed by atoms with Gasteiger partial charge in [-0.05, 0) is 48.5 Å². The van der Waals surface area contributed by atoms with Crippen molar-refractivity contribution < 1.29 is 4.39 Å². The van der Waals surface area contributed by atoms with Crippen LogP contribution in [-0.2, 0) is 13.1 Å². The molecular weight excluding hydrogens is 373 g/mol. The molecule has 28 heavy (non-hydrogen) atoms. The smallest absolute Gasteiger partial charge is 0.258 e. The summed E-state index contributed by atoms with van der Waals surface area (Å²) in [5.41, 5.74) is 1.62. The molecule has 0 spiro atoms. The van der Waals surface area contributed by atoms with Crippen LogP contribution in [0.2, 0.25) is 0 Å². The van der Waals surface area contributed by atoms with E-state index in [2.05, 4.69) is 33.9 Å². The number of aromatic nitrogens is 2. The van der Waals surface area contributed by atoms with Crippen molar-refractivity contribution in [1.82, 2.24) is 14.9 Å². The lowest BCUT2D eigenvalue weighted by Gasteiger charge is -2.19. The zero-order chi connectivity index (χ0) is 19.5. The Morgan fingerprint density at radius 3 is 2.61 bits per heavy atom.